The number of carbonyl (C=O) groups excluding carboxylic acids is 2. The summed E-state index contributed by atoms with van der Waals surface area (Å²) in [5.74, 6) is -0.359. The average molecular weight is 489 g/mol. The zero-order valence-electron chi connectivity index (χ0n) is 19.7. The molecule has 10 heteroatoms. The molecule has 0 saturated carbocycles. The lowest BCUT2D eigenvalue weighted by Crippen LogP contribution is -2.52. The number of nitrogens with one attached hydrogen (secondary N) is 2. The zero-order chi connectivity index (χ0) is 24.7. The van der Waals surface area contributed by atoms with Gasteiger partial charge in [0, 0.05) is 19.3 Å². The van der Waals surface area contributed by atoms with Crippen molar-refractivity contribution in [2.45, 2.75) is 44.0 Å². The fourth-order valence-corrected chi connectivity index (χ4v) is 5.41. The van der Waals surface area contributed by atoms with Gasteiger partial charge in [0.1, 0.15) is 17.6 Å². The molecule has 1 aliphatic heterocycles. The van der Waals surface area contributed by atoms with Crippen LogP contribution in [-0.2, 0) is 19.6 Å². The Morgan fingerprint density at radius 3 is 2.56 bits per heavy atom. The highest BCUT2D eigenvalue weighted by atomic mass is 32.2. The van der Waals surface area contributed by atoms with Crippen molar-refractivity contribution in [1.29, 1.82) is 0 Å². The molecule has 3 atom stereocenters. The van der Waals surface area contributed by atoms with Gasteiger partial charge >= 0.3 is 0 Å². The summed E-state index contributed by atoms with van der Waals surface area (Å²) in [5, 5.41) is 5.62. The Hall–Kier alpha value is -2.98. The number of anilines is 1. The summed E-state index contributed by atoms with van der Waals surface area (Å²) in [6.45, 7) is 4.24. The molecule has 0 spiro atoms. The van der Waals surface area contributed by atoms with E-state index in [1.54, 1.807) is 36.5 Å². The molecule has 2 unspecified atom stereocenters. The molecule has 0 radical (unpaired) electrons. The highest BCUT2D eigenvalue weighted by Gasteiger charge is 2.35. The number of hydrogen-bond donors (Lipinski definition) is 2. The van der Waals surface area contributed by atoms with Crippen LogP contribution in [0.2, 0.25) is 0 Å². The summed E-state index contributed by atoms with van der Waals surface area (Å²) >= 11 is 0. The van der Waals surface area contributed by atoms with Gasteiger partial charge in [-0.25, -0.2) is 13.4 Å². The molecular weight excluding hydrogens is 456 g/mol. The molecule has 1 aliphatic rings. The number of rotatable bonds is 9. The summed E-state index contributed by atoms with van der Waals surface area (Å²) in [7, 11) is -2.24. The molecule has 2 N–H and O–H groups in total. The number of hydrogen-bond acceptors (Lipinski definition) is 6. The number of sulfonamides is 1. The van der Waals surface area contributed by atoms with E-state index in [1.807, 2.05) is 13.8 Å². The highest BCUT2D eigenvalue weighted by Crippen LogP contribution is 2.25. The number of amides is 2. The molecular formula is C24H32N4O5S. The van der Waals surface area contributed by atoms with Crippen LogP contribution in [0.1, 0.15) is 33.1 Å². The van der Waals surface area contributed by atoms with Crippen LogP contribution in [0.4, 0.5) is 5.82 Å². The van der Waals surface area contributed by atoms with Gasteiger partial charge < -0.3 is 15.4 Å². The van der Waals surface area contributed by atoms with Gasteiger partial charge in [-0.2, -0.15) is 4.31 Å². The van der Waals surface area contributed by atoms with Crippen molar-refractivity contribution < 1.29 is 22.7 Å². The normalized spacial score (nSPS) is 18.5. The third-order valence-corrected chi connectivity index (χ3v) is 8.04. The maximum atomic E-state index is 13.1. The van der Waals surface area contributed by atoms with Crippen molar-refractivity contribution >= 4 is 27.7 Å². The van der Waals surface area contributed by atoms with Crippen LogP contribution < -0.4 is 15.4 Å². The van der Waals surface area contributed by atoms with Crippen LogP contribution >= 0.6 is 0 Å². The Labute approximate surface area is 201 Å². The van der Waals surface area contributed by atoms with Gasteiger partial charge in [0.25, 0.3) is 0 Å². The van der Waals surface area contributed by atoms with E-state index >= 15 is 0 Å². The molecule has 2 heterocycles. The number of piperidine rings is 1. The lowest BCUT2D eigenvalue weighted by molar-refractivity contribution is -0.131. The fourth-order valence-electron chi connectivity index (χ4n) is 3.89. The minimum Gasteiger partial charge on any atom is -0.497 e. The predicted octanol–water partition coefficient (Wildman–Crippen LogP) is 2.66. The first kappa shape index (κ1) is 25.6. The fraction of sp³-hybridized carbons (Fsp3) is 0.458. The lowest BCUT2D eigenvalue weighted by atomic mass is 9.95. The van der Waals surface area contributed by atoms with Crippen molar-refractivity contribution in [3.8, 4) is 5.75 Å². The molecule has 2 aromatic rings. The van der Waals surface area contributed by atoms with Gasteiger partial charge in [0.2, 0.25) is 21.8 Å². The largest absolute Gasteiger partial charge is 0.497 e. The first-order chi connectivity index (χ1) is 16.3. The van der Waals surface area contributed by atoms with Gasteiger partial charge in [-0.3, -0.25) is 9.59 Å². The minimum absolute atomic E-state index is 0.0648. The second kappa shape index (κ2) is 11.4. The quantitative estimate of drug-likeness (QED) is 0.560. The number of aromatic nitrogens is 1. The number of carbonyl (C=O) groups is 2. The Bertz CT molecular complexity index is 1080. The molecule has 9 nitrogen and oxygen atoms in total. The van der Waals surface area contributed by atoms with E-state index in [4.69, 9.17) is 4.74 Å². The number of ether oxygens (including phenoxy) is 1. The monoisotopic (exact) mass is 488 g/mol. The third-order valence-electron chi connectivity index (χ3n) is 6.16. The first-order valence-corrected chi connectivity index (χ1v) is 12.9. The second-order valence-corrected chi connectivity index (χ2v) is 10.4. The predicted molar refractivity (Wildman–Crippen MR) is 129 cm³/mol. The zero-order valence-corrected chi connectivity index (χ0v) is 20.5. The number of methoxy groups -OCH3 is 1. The maximum absolute atomic E-state index is 13.1. The van der Waals surface area contributed by atoms with Crippen LogP contribution in [-0.4, -0.2) is 55.8 Å². The Morgan fingerprint density at radius 1 is 1.21 bits per heavy atom. The van der Waals surface area contributed by atoms with Crippen molar-refractivity contribution in [2.75, 3.05) is 25.5 Å². The van der Waals surface area contributed by atoms with Crippen LogP contribution in [0.15, 0.2) is 53.6 Å². The molecule has 34 heavy (non-hydrogen) atoms. The number of nitrogens with zero attached hydrogens (tertiary/aromatic N) is 2. The third kappa shape index (κ3) is 6.12. The first-order valence-electron chi connectivity index (χ1n) is 11.4. The van der Waals surface area contributed by atoms with E-state index in [2.05, 4.69) is 15.6 Å². The standard InChI is InChI=1S/C24H32N4O5S/c1-4-17(2)22(24(30)26-21-9-5-6-14-25-21)27-23(29)18-8-7-15-28(16-18)34(31,32)20-12-10-19(33-3)11-13-20/h5-6,9-14,17-18,22H,4,7-8,15-16H2,1-3H3,(H,27,29)(H,25,26,30)/t17?,18?,22-/m0/s1. The highest BCUT2D eigenvalue weighted by molar-refractivity contribution is 7.89. The second-order valence-electron chi connectivity index (χ2n) is 8.45. The molecule has 1 fully saturated rings. The van der Waals surface area contributed by atoms with E-state index in [1.165, 1.54) is 23.5 Å². The van der Waals surface area contributed by atoms with Crippen molar-refractivity contribution in [3.05, 3.63) is 48.7 Å². The Balaban J connectivity index is 1.70. The summed E-state index contributed by atoms with van der Waals surface area (Å²) in [6, 6.07) is 10.6. The topological polar surface area (TPSA) is 118 Å². The summed E-state index contributed by atoms with van der Waals surface area (Å²) in [5.41, 5.74) is 0. The number of pyridine rings is 1. The van der Waals surface area contributed by atoms with Crippen LogP contribution in [0.5, 0.6) is 5.75 Å². The lowest BCUT2D eigenvalue weighted by Gasteiger charge is -2.32. The number of benzene rings is 1. The maximum Gasteiger partial charge on any atom is 0.248 e. The molecule has 1 aromatic carbocycles. The summed E-state index contributed by atoms with van der Waals surface area (Å²) in [4.78, 5) is 30.3. The minimum atomic E-state index is -3.75. The van der Waals surface area contributed by atoms with E-state index < -0.39 is 22.0 Å². The molecule has 0 aliphatic carbocycles. The Morgan fingerprint density at radius 2 is 1.94 bits per heavy atom. The smallest absolute Gasteiger partial charge is 0.248 e. The van der Waals surface area contributed by atoms with Crippen molar-refractivity contribution in [1.82, 2.24) is 14.6 Å². The van der Waals surface area contributed by atoms with Gasteiger partial charge in [0.05, 0.1) is 17.9 Å². The Kier molecular flexibility index (Phi) is 8.62. The molecule has 184 valence electrons. The van der Waals surface area contributed by atoms with Crippen LogP contribution in [0.3, 0.4) is 0 Å². The van der Waals surface area contributed by atoms with Crippen molar-refractivity contribution in [2.24, 2.45) is 11.8 Å². The molecule has 2 amide bonds. The van der Waals surface area contributed by atoms with Gasteiger partial charge in [-0.1, -0.05) is 26.3 Å². The van der Waals surface area contributed by atoms with E-state index in [9.17, 15) is 18.0 Å². The SMILES string of the molecule is CCC(C)[C@H](NC(=O)C1CCCN(S(=O)(=O)c2ccc(OC)cc2)C1)C(=O)Nc1ccccn1. The van der Waals surface area contributed by atoms with Gasteiger partial charge in [-0.15, -0.1) is 0 Å². The molecule has 1 aromatic heterocycles. The van der Waals surface area contributed by atoms with E-state index in [-0.39, 0.29) is 29.2 Å². The summed E-state index contributed by atoms with van der Waals surface area (Å²) < 4.78 is 32.7. The molecule has 1 saturated heterocycles. The van der Waals surface area contributed by atoms with E-state index in [0.29, 0.717) is 37.4 Å². The summed E-state index contributed by atoms with van der Waals surface area (Å²) in [6.07, 6.45) is 3.37. The molecule has 0 bridgehead atoms. The van der Waals surface area contributed by atoms with E-state index in [0.717, 1.165) is 0 Å². The van der Waals surface area contributed by atoms with Crippen LogP contribution in [0, 0.1) is 11.8 Å². The molecule has 3 rings (SSSR count). The van der Waals surface area contributed by atoms with Crippen molar-refractivity contribution in [3.63, 3.8) is 0 Å². The van der Waals surface area contributed by atoms with Crippen LogP contribution in [0.25, 0.3) is 0 Å². The van der Waals surface area contributed by atoms with Gasteiger partial charge in [-0.05, 0) is 55.2 Å². The van der Waals surface area contributed by atoms with Gasteiger partial charge in [0.15, 0.2) is 0 Å². The average Bonchev–Trinajstić information content (AvgIpc) is 2.87.